The van der Waals surface area contributed by atoms with E-state index in [9.17, 15) is 13.6 Å². The Morgan fingerprint density at radius 2 is 2.00 bits per heavy atom. The van der Waals surface area contributed by atoms with Crippen LogP contribution in [0, 0.1) is 17.6 Å². The van der Waals surface area contributed by atoms with Crippen molar-refractivity contribution < 1.29 is 18.7 Å². The molecule has 1 fully saturated rings. The average molecular weight is 272 g/mol. The van der Waals surface area contributed by atoms with E-state index in [4.69, 9.17) is 5.11 Å². The average Bonchev–Trinajstić information content (AvgIpc) is 2.33. The molecule has 0 heterocycles. The third kappa shape index (κ3) is 3.02. The molecule has 0 spiro atoms. The summed E-state index contributed by atoms with van der Waals surface area (Å²) in [6.07, 6.45) is 3.26. The zero-order valence-corrected chi connectivity index (χ0v) is 10.6. The number of rotatable bonds is 3. The highest BCUT2D eigenvalue weighted by Gasteiger charge is 2.31. The standard InChI is InChI=1S/C13H14F2O2S/c14-8-5-6-12(10(15)7-8)18-11-4-2-1-3-9(11)13(16)17/h5-7,9,11H,1-4H2,(H,16,17). The molecule has 18 heavy (non-hydrogen) atoms. The molecule has 1 aliphatic carbocycles. The molecule has 0 aliphatic heterocycles. The molecule has 5 heteroatoms. The normalized spacial score (nSPS) is 23.9. The van der Waals surface area contributed by atoms with E-state index < -0.39 is 23.5 Å². The van der Waals surface area contributed by atoms with Gasteiger partial charge in [-0.25, -0.2) is 8.78 Å². The SMILES string of the molecule is O=C(O)C1CCCCC1Sc1ccc(F)cc1F. The molecule has 0 amide bonds. The zero-order valence-electron chi connectivity index (χ0n) is 9.73. The third-order valence-corrected chi connectivity index (χ3v) is 4.64. The first-order valence-electron chi connectivity index (χ1n) is 5.92. The minimum Gasteiger partial charge on any atom is -0.481 e. The van der Waals surface area contributed by atoms with Gasteiger partial charge in [0.15, 0.2) is 0 Å². The van der Waals surface area contributed by atoms with E-state index in [2.05, 4.69) is 0 Å². The van der Waals surface area contributed by atoms with Gasteiger partial charge in [0, 0.05) is 16.2 Å². The first-order chi connectivity index (χ1) is 8.58. The highest BCUT2D eigenvalue weighted by Crippen LogP contribution is 2.38. The summed E-state index contributed by atoms with van der Waals surface area (Å²) in [4.78, 5) is 11.5. The van der Waals surface area contributed by atoms with Crippen molar-refractivity contribution in [2.75, 3.05) is 0 Å². The molecule has 0 aromatic heterocycles. The van der Waals surface area contributed by atoms with Gasteiger partial charge in [-0.3, -0.25) is 4.79 Å². The number of benzene rings is 1. The maximum atomic E-state index is 13.5. The Labute approximate surface area is 108 Å². The maximum Gasteiger partial charge on any atom is 0.307 e. The summed E-state index contributed by atoms with van der Waals surface area (Å²) in [5.41, 5.74) is 0. The van der Waals surface area contributed by atoms with E-state index in [1.165, 1.54) is 23.9 Å². The molecule has 1 aromatic rings. The monoisotopic (exact) mass is 272 g/mol. The van der Waals surface area contributed by atoms with E-state index in [-0.39, 0.29) is 5.25 Å². The highest BCUT2D eigenvalue weighted by atomic mass is 32.2. The summed E-state index contributed by atoms with van der Waals surface area (Å²) >= 11 is 1.21. The lowest BCUT2D eigenvalue weighted by atomic mass is 9.89. The van der Waals surface area contributed by atoms with Crippen LogP contribution in [-0.2, 0) is 4.79 Å². The van der Waals surface area contributed by atoms with Crippen molar-refractivity contribution >= 4 is 17.7 Å². The van der Waals surface area contributed by atoms with Crippen molar-refractivity contribution in [2.24, 2.45) is 5.92 Å². The summed E-state index contributed by atoms with van der Waals surface area (Å²) in [6, 6.07) is 3.41. The van der Waals surface area contributed by atoms with Crippen molar-refractivity contribution in [1.82, 2.24) is 0 Å². The van der Waals surface area contributed by atoms with Crippen LogP contribution in [0.25, 0.3) is 0 Å². The second-order valence-corrected chi connectivity index (χ2v) is 5.74. The number of hydrogen-bond acceptors (Lipinski definition) is 2. The lowest BCUT2D eigenvalue weighted by Crippen LogP contribution is -2.29. The lowest BCUT2D eigenvalue weighted by molar-refractivity contribution is -0.142. The molecule has 1 saturated carbocycles. The Balaban J connectivity index is 2.13. The van der Waals surface area contributed by atoms with Crippen LogP contribution in [0.2, 0.25) is 0 Å². The van der Waals surface area contributed by atoms with Crippen molar-refractivity contribution in [2.45, 2.75) is 35.8 Å². The van der Waals surface area contributed by atoms with Gasteiger partial charge in [-0.05, 0) is 25.0 Å². The molecule has 0 radical (unpaired) electrons. The van der Waals surface area contributed by atoms with E-state index in [0.717, 1.165) is 25.3 Å². The van der Waals surface area contributed by atoms with Crippen LogP contribution >= 0.6 is 11.8 Å². The number of carbonyl (C=O) groups is 1. The number of thioether (sulfide) groups is 1. The largest absolute Gasteiger partial charge is 0.481 e. The van der Waals surface area contributed by atoms with Gasteiger partial charge in [-0.15, -0.1) is 11.8 Å². The van der Waals surface area contributed by atoms with Gasteiger partial charge in [-0.1, -0.05) is 12.8 Å². The van der Waals surface area contributed by atoms with Crippen LogP contribution in [-0.4, -0.2) is 16.3 Å². The van der Waals surface area contributed by atoms with Gasteiger partial charge < -0.3 is 5.11 Å². The van der Waals surface area contributed by atoms with Crippen LogP contribution in [0.1, 0.15) is 25.7 Å². The predicted molar refractivity (Wildman–Crippen MR) is 65.6 cm³/mol. The summed E-state index contributed by atoms with van der Waals surface area (Å²) in [6.45, 7) is 0. The Morgan fingerprint density at radius 3 is 2.67 bits per heavy atom. The third-order valence-electron chi connectivity index (χ3n) is 3.19. The fourth-order valence-corrected chi connectivity index (χ4v) is 3.60. The Morgan fingerprint density at radius 1 is 1.28 bits per heavy atom. The summed E-state index contributed by atoms with van der Waals surface area (Å²) in [5.74, 6) is -2.49. The molecular formula is C13H14F2O2S. The lowest BCUT2D eigenvalue weighted by Gasteiger charge is -2.28. The van der Waals surface area contributed by atoms with Gasteiger partial charge in [-0.2, -0.15) is 0 Å². The fourth-order valence-electron chi connectivity index (χ4n) is 2.25. The van der Waals surface area contributed by atoms with Crippen molar-refractivity contribution in [3.8, 4) is 0 Å². The van der Waals surface area contributed by atoms with Crippen molar-refractivity contribution in [3.63, 3.8) is 0 Å². The first-order valence-corrected chi connectivity index (χ1v) is 6.80. The Bertz CT molecular complexity index is 451. The van der Waals surface area contributed by atoms with E-state index in [0.29, 0.717) is 11.3 Å². The molecular weight excluding hydrogens is 258 g/mol. The molecule has 1 aliphatic rings. The second-order valence-electron chi connectivity index (χ2n) is 4.46. The minimum atomic E-state index is -0.824. The molecule has 2 nitrogen and oxygen atoms in total. The van der Waals surface area contributed by atoms with Crippen LogP contribution < -0.4 is 0 Å². The summed E-state index contributed by atoms with van der Waals surface area (Å²) in [5, 5.41) is 9.00. The smallest absolute Gasteiger partial charge is 0.307 e. The number of halogens is 2. The van der Waals surface area contributed by atoms with Gasteiger partial charge in [0.1, 0.15) is 11.6 Å². The van der Waals surface area contributed by atoms with E-state index in [1.807, 2.05) is 0 Å². The minimum absolute atomic E-state index is 0.129. The number of carboxylic acid groups (broad SMARTS) is 1. The summed E-state index contributed by atoms with van der Waals surface area (Å²) < 4.78 is 26.3. The molecule has 2 atom stereocenters. The van der Waals surface area contributed by atoms with E-state index >= 15 is 0 Å². The van der Waals surface area contributed by atoms with Gasteiger partial charge in [0.05, 0.1) is 5.92 Å². The van der Waals surface area contributed by atoms with Gasteiger partial charge >= 0.3 is 5.97 Å². The highest BCUT2D eigenvalue weighted by molar-refractivity contribution is 8.00. The topological polar surface area (TPSA) is 37.3 Å². The maximum absolute atomic E-state index is 13.5. The molecule has 1 N–H and O–H groups in total. The number of carboxylic acids is 1. The second kappa shape index (κ2) is 5.69. The fraction of sp³-hybridized carbons (Fsp3) is 0.462. The molecule has 2 rings (SSSR count). The number of hydrogen-bond donors (Lipinski definition) is 1. The predicted octanol–water partition coefficient (Wildman–Crippen LogP) is 3.70. The Hall–Kier alpha value is -1.10. The first kappa shape index (κ1) is 13.3. The van der Waals surface area contributed by atoms with E-state index in [1.54, 1.807) is 0 Å². The zero-order chi connectivity index (χ0) is 13.1. The quantitative estimate of drug-likeness (QED) is 0.911. The number of aliphatic carboxylic acids is 1. The van der Waals surface area contributed by atoms with Crippen LogP contribution in [0.3, 0.4) is 0 Å². The Kier molecular flexibility index (Phi) is 4.22. The van der Waals surface area contributed by atoms with Gasteiger partial charge in [0.2, 0.25) is 0 Å². The van der Waals surface area contributed by atoms with Crippen molar-refractivity contribution in [3.05, 3.63) is 29.8 Å². The van der Waals surface area contributed by atoms with Crippen molar-refractivity contribution in [1.29, 1.82) is 0 Å². The summed E-state index contributed by atoms with van der Waals surface area (Å²) in [7, 11) is 0. The van der Waals surface area contributed by atoms with Crippen LogP contribution in [0.4, 0.5) is 8.78 Å². The molecule has 0 bridgehead atoms. The molecule has 2 unspecified atom stereocenters. The van der Waals surface area contributed by atoms with Crippen LogP contribution in [0.15, 0.2) is 23.1 Å². The van der Waals surface area contributed by atoms with Gasteiger partial charge in [0.25, 0.3) is 0 Å². The molecule has 0 saturated heterocycles. The molecule has 1 aromatic carbocycles. The molecule has 98 valence electrons. The van der Waals surface area contributed by atoms with Crippen LogP contribution in [0.5, 0.6) is 0 Å².